The Kier molecular flexibility index (Phi) is 4.48. The Bertz CT molecular complexity index is 550. The molecule has 2 fully saturated rings. The standard InChI is InChI=1S/C18H24N2O/c1-21-18-9-6-15(3-2-10-19)16(11-18)13-20(17-7-8-17)12-14-4-5-14/h6,9,11,14,17H,4-5,7-8,10,12-13,19H2,1H3. The fraction of sp³-hybridized carbons (Fsp3) is 0.556. The second kappa shape index (κ2) is 6.51. The van der Waals surface area contributed by atoms with Crippen LogP contribution in [0.2, 0.25) is 0 Å². The van der Waals surface area contributed by atoms with E-state index in [-0.39, 0.29) is 0 Å². The molecule has 3 nitrogen and oxygen atoms in total. The maximum atomic E-state index is 5.51. The zero-order valence-electron chi connectivity index (χ0n) is 12.8. The van der Waals surface area contributed by atoms with Crippen molar-refractivity contribution in [1.82, 2.24) is 4.90 Å². The van der Waals surface area contributed by atoms with Crippen LogP contribution in [-0.2, 0) is 6.54 Å². The molecule has 21 heavy (non-hydrogen) atoms. The summed E-state index contributed by atoms with van der Waals surface area (Å²) in [6.45, 7) is 2.62. The molecule has 0 heterocycles. The monoisotopic (exact) mass is 284 g/mol. The van der Waals surface area contributed by atoms with Gasteiger partial charge in [-0.2, -0.15) is 0 Å². The zero-order chi connectivity index (χ0) is 14.7. The van der Waals surface area contributed by atoms with Crippen LogP contribution < -0.4 is 10.5 Å². The average molecular weight is 284 g/mol. The Balaban J connectivity index is 1.79. The highest BCUT2D eigenvalue weighted by Gasteiger charge is 2.33. The van der Waals surface area contributed by atoms with Crippen LogP contribution in [0.5, 0.6) is 5.75 Å². The molecule has 0 atom stereocenters. The van der Waals surface area contributed by atoms with E-state index in [1.165, 1.54) is 37.8 Å². The van der Waals surface area contributed by atoms with Gasteiger partial charge in [-0.05, 0) is 55.4 Å². The smallest absolute Gasteiger partial charge is 0.119 e. The summed E-state index contributed by atoms with van der Waals surface area (Å²) in [5.41, 5.74) is 7.86. The molecule has 0 saturated heterocycles. The van der Waals surface area contributed by atoms with Gasteiger partial charge in [0.15, 0.2) is 0 Å². The third-order valence-corrected chi connectivity index (χ3v) is 4.26. The van der Waals surface area contributed by atoms with Gasteiger partial charge in [-0.1, -0.05) is 11.8 Å². The summed E-state index contributed by atoms with van der Waals surface area (Å²) in [6.07, 6.45) is 5.50. The van der Waals surface area contributed by atoms with Crippen LogP contribution in [0.15, 0.2) is 18.2 Å². The van der Waals surface area contributed by atoms with Gasteiger partial charge in [0, 0.05) is 24.7 Å². The van der Waals surface area contributed by atoms with E-state index in [4.69, 9.17) is 10.5 Å². The second-order valence-corrected chi connectivity index (χ2v) is 6.13. The van der Waals surface area contributed by atoms with Gasteiger partial charge in [-0.3, -0.25) is 4.90 Å². The maximum Gasteiger partial charge on any atom is 0.119 e. The predicted molar refractivity (Wildman–Crippen MR) is 85.1 cm³/mol. The molecule has 3 heteroatoms. The van der Waals surface area contributed by atoms with Gasteiger partial charge >= 0.3 is 0 Å². The number of methoxy groups -OCH3 is 1. The third-order valence-electron chi connectivity index (χ3n) is 4.26. The lowest BCUT2D eigenvalue weighted by Gasteiger charge is -2.23. The largest absolute Gasteiger partial charge is 0.497 e. The van der Waals surface area contributed by atoms with Crippen molar-refractivity contribution in [1.29, 1.82) is 0 Å². The van der Waals surface area contributed by atoms with Gasteiger partial charge in [-0.25, -0.2) is 0 Å². The Hall–Kier alpha value is -1.50. The molecule has 0 amide bonds. The van der Waals surface area contributed by atoms with Crippen molar-refractivity contribution in [3.05, 3.63) is 29.3 Å². The van der Waals surface area contributed by atoms with Crippen molar-refractivity contribution < 1.29 is 4.74 Å². The minimum Gasteiger partial charge on any atom is -0.497 e. The molecule has 2 aliphatic carbocycles. The molecular weight excluding hydrogens is 260 g/mol. The first-order valence-electron chi connectivity index (χ1n) is 7.90. The molecule has 2 saturated carbocycles. The van der Waals surface area contributed by atoms with Crippen molar-refractivity contribution >= 4 is 0 Å². The lowest BCUT2D eigenvalue weighted by atomic mass is 10.1. The van der Waals surface area contributed by atoms with Gasteiger partial charge in [0.05, 0.1) is 13.7 Å². The number of ether oxygens (including phenoxy) is 1. The summed E-state index contributed by atoms with van der Waals surface area (Å²) in [5.74, 6) is 8.01. The predicted octanol–water partition coefficient (Wildman–Crippen LogP) is 2.38. The molecule has 2 aliphatic rings. The Morgan fingerprint density at radius 3 is 2.71 bits per heavy atom. The molecule has 0 bridgehead atoms. The molecule has 0 aliphatic heterocycles. The quantitative estimate of drug-likeness (QED) is 0.815. The molecule has 0 unspecified atom stereocenters. The molecule has 3 rings (SSSR count). The molecular formula is C18H24N2O. The highest BCUT2D eigenvalue weighted by atomic mass is 16.5. The average Bonchev–Trinajstić information content (AvgIpc) is 3.38. The zero-order valence-corrected chi connectivity index (χ0v) is 12.8. The lowest BCUT2D eigenvalue weighted by molar-refractivity contribution is 0.243. The number of rotatable bonds is 6. The molecule has 0 radical (unpaired) electrons. The first-order valence-corrected chi connectivity index (χ1v) is 7.90. The summed E-state index contributed by atoms with van der Waals surface area (Å²) >= 11 is 0. The fourth-order valence-electron chi connectivity index (χ4n) is 2.73. The van der Waals surface area contributed by atoms with Crippen molar-refractivity contribution in [2.75, 3.05) is 20.2 Å². The molecule has 112 valence electrons. The summed E-state index contributed by atoms with van der Waals surface area (Å²) in [4.78, 5) is 2.64. The van der Waals surface area contributed by atoms with Crippen LogP contribution in [0.1, 0.15) is 36.8 Å². The van der Waals surface area contributed by atoms with E-state index in [1.807, 2.05) is 6.07 Å². The second-order valence-electron chi connectivity index (χ2n) is 6.13. The van der Waals surface area contributed by atoms with Gasteiger partial charge in [0.1, 0.15) is 5.75 Å². The highest BCUT2D eigenvalue weighted by Crippen LogP contribution is 2.36. The first-order chi connectivity index (χ1) is 10.3. The van der Waals surface area contributed by atoms with E-state index in [0.29, 0.717) is 6.54 Å². The van der Waals surface area contributed by atoms with Crippen LogP contribution in [0.3, 0.4) is 0 Å². The van der Waals surface area contributed by atoms with Crippen molar-refractivity contribution in [2.45, 2.75) is 38.3 Å². The van der Waals surface area contributed by atoms with Gasteiger partial charge in [-0.15, -0.1) is 0 Å². The molecule has 2 N–H and O–H groups in total. The normalized spacial score (nSPS) is 17.5. The number of nitrogens with two attached hydrogens (primary N) is 1. The van der Waals surface area contributed by atoms with Crippen LogP contribution in [0, 0.1) is 17.8 Å². The number of hydrogen-bond donors (Lipinski definition) is 1. The molecule has 1 aromatic carbocycles. The van der Waals surface area contributed by atoms with Crippen LogP contribution in [0.4, 0.5) is 0 Å². The molecule has 0 spiro atoms. The Morgan fingerprint density at radius 2 is 2.10 bits per heavy atom. The van der Waals surface area contributed by atoms with E-state index < -0.39 is 0 Å². The minimum atomic E-state index is 0.403. The third kappa shape index (κ3) is 4.00. The lowest BCUT2D eigenvalue weighted by Crippen LogP contribution is -2.28. The van der Waals surface area contributed by atoms with E-state index in [2.05, 4.69) is 28.9 Å². The van der Waals surface area contributed by atoms with Gasteiger partial charge in [0.2, 0.25) is 0 Å². The van der Waals surface area contributed by atoms with Crippen LogP contribution in [0.25, 0.3) is 0 Å². The first kappa shape index (κ1) is 14.4. The number of hydrogen-bond acceptors (Lipinski definition) is 3. The maximum absolute atomic E-state index is 5.51. The number of nitrogens with zero attached hydrogens (tertiary/aromatic N) is 1. The Labute approximate surface area is 127 Å². The summed E-state index contributed by atoms with van der Waals surface area (Å²) in [6, 6.07) is 6.95. The van der Waals surface area contributed by atoms with Crippen molar-refractivity contribution in [2.24, 2.45) is 11.7 Å². The van der Waals surface area contributed by atoms with E-state index >= 15 is 0 Å². The molecule has 0 aromatic heterocycles. The van der Waals surface area contributed by atoms with E-state index in [0.717, 1.165) is 29.8 Å². The van der Waals surface area contributed by atoms with Gasteiger partial charge < -0.3 is 10.5 Å². The summed E-state index contributed by atoms with van der Waals surface area (Å²) in [7, 11) is 1.72. The topological polar surface area (TPSA) is 38.5 Å². The van der Waals surface area contributed by atoms with E-state index in [9.17, 15) is 0 Å². The summed E-state index contributed by atoms with van der Waals surface area (Å²) < 4.78 is 5.37. The van der Waals surface area contributed by atoms with Crippen LogP contribution >= 0.6 is 0 Å². The summed E-state index contributed by atoms with van der Waals surface area (Å²) in [5, 5.41) is 0. The fourth-order valence-corrected chi connectivity index (χ4v) is 2.73. The van der Waals surface area contributed by atoms with Gasteiger partial charge in [0.25, 0.3) is 0 Å². The number of benzene rings is 1. The van der Waals surface area contributed by atoms with E-state index in [1.54, 1.807) is 7.11 Å². The van der Waals surface area contributed by atoms with Crippen molar-refractivity contribution in [3.8, 4) is 17.6 Å². The SMILES string of the molecule is COc1ccc(C#CCN)c(CN(CC2CC2)C2CC2)c1. The van der Waals surface area contributed by atoms with Crippen LogP contribution in [-0.4, -0.2) is 31.1 Å². The van der Waals surface area contributed by atoms with Crippen molar-refractivity contribution in [3.63, 3.8) is 0 Å². The highest BCUT2D eigenvalue weighted by molar-refractivity contribution is 5.45. The minimum absolute atomic E-state index is 0.403. The molecule has 1 aromatic rings. The Morgan fingerprint density at radius 1 is 1.29 bits per heavy atom.